The Bertz CT molecular complexity index is 1150. The summed E-state index contributed by atoms with van der Waals surface area (Å²) in [6, 6.07) is -0.622. The first-order chi connectivity index (χ1) is 28.6. The lowest BCUT2D eigenvalue weighted by molar-refractivity contribution is -0.887. The molecule has 2 unspecified atom stereocenters. The first-order valence-corrected chi connectivity index (χ1v) is 23.9. The molecular weight excluding hydrogens is 739 g/mol. The van der Waals surface area contributed by atoms with Crippen molar-refractivity contribution in [1.82, 2.24) is 0 Å². The predicted octanol–water partition coefficient (Wildman–Crippen LogP) is 13.4. The van der Waals surface area contributed by atoms with Crippen molar-refractivity contribution >= 4 is 17.9 Å². The van der Waals surface area contributed by atoms with E-state index in [1.54, 1.807) is 0 Å². The number of aliphatic carboxylic acids is 1. The van der Waals surface area contributed by atoms with Crippen LogP contribution in [0.1, 0.15) is 194 Å². The summed E-state index contributed by atoms with van der Waals surface area (Å²) in [5, 5.41) is 9.63. The van der Waals surface area contributed by atoms with Crippen molar-refractivity contribution in [3.05, 3.63) is 60.8 Å². The molecule has 1 N–H and O–H groups in total. The van der Waals surface area contributed by atoms with E-state index < -0.39 is 18.1 Å². The molecule has 0 amide bonds. The van der Waals surface area contributed by atoms with Crippen LogP contribution in [0.4, 0.5) is 0 Å². The third-order valence-corrected chi connectivity index (χ3v) is 10.5. The van der Waals surface area contributed by atoms with Crippen molar-refractivity contribution < 1.29 is 38.2 Å². The molecule has 0 aliphatic rings. The number of nitrogens with zero attached hydrogens (tertiary/aromatic N) is 1. The second-order valence-electron chi connectivity index (χ2n) is 17.1. The molecular formula is C51H90NO7+. The fourth-order valence-corrected chi connectivity index (χ4v) is 6.71. The number of hydrogen-bond acceptors (Lipinski definition) is 6. The van der Waals surface area contributed by atoms with Gasteiger partial charge in [0.15, 0.2) is 12.1 Å². The van der Waals surface area contributed by atoms with Crippen LogP contribution in [0.15, 0.2) is 60.8 Å². The van der Waals surface area contributed by atoms with Crippen LogP contribution >= 0.6 is 0 Å². The maximum absolute atomic E-state index is 12.8. The number of unbranched alkanes of at least 4 members (excludes halogenated alkanes) is 20. The number of carbonyl (C=O) groups is 3. The second kappa shape index (κ2) is 41.8. The largest absolute Gasteiger partial charge is 0.477 e. The molecule has 0 aliphatic heterocycles. The monoisotopic (exact) mass is 829 g/mol. The van der Waals surface area contributed by atoms with Crippen molar-refractivity contribution in [3.63, 3.8) is 0 Å². The minimum absolute atomic E-state index is 0.0482. The Hall–Kier alpha value is -2.97. The van der Waals surface area contributed by atoms with Crippen molar-refractivity contribution in [2.45, 2.75) is 206 Å². The number of rotatable bonds is 42. The molecule has 0 saturated carbocycles. The maximum atomic E-state index is 12.8. The van der Waals surface area contributed by atoms with Crippen molar-refractivity contribution in [1.29, 1.82) is 0 Å². The summed E-state index contributed by atoms with van der Waals surface area (Å²) in [6.45, 7) is 4.67. The van der Waals surface area contributed by atoms with Gasteiger partial charge in [0.1, 0.15) is 6.61 Å². The van der Waals surface area contributed by atoms with E-state index in [9.17, 15) is 19.5 Å². The first kappa shape index (κ1) is 56.0. The van der Waals surface area contributed by atoms with E-state index in [0.29, 0.717) is 19.3 Å². The van der Waals surface area contributed by atoms with Crippen molar-refractivity contribution in [2.75, 3.05) is 41.0 Å². The third kappa shape index (κ3) is 40.2. The number of carbonyl (C=O) groups excluding carboxylic acids is 2. The highest BCUT2D eigenvalue weighted by Crippen LogP contribution is 2.14. The zero-order valence-corrected chi connectivity index (χ0v) is 38.7. The van der Waals surface area contributed by atoms with Crippen LogP contribution in [0.2, 0.25) is 0 Å². The van der Waals surface area contributed by atoms with Crippen molar-refractivity contribution in [3.8, 4) is 0 Å². The average Bonchev–Trinajstić information content (AvgIpc) is 3.19. The molecule has 59 heavy (non-hydrogen) atoms. The molecule has 0 aromatic heterocycles. The minimum Gasteiger partial charge on any atom is -0.477 e. The molecule has 0 aromatic carbocycles. The molecule has 0 spiro atoms. The number of ether oxygens (including phenoxy) is 3. The van der Waals surface area contributed by atoms with Gasteiger partial charge in [0.25, 0.3) is 0 Å². The maximum Gasteiger partial charge on any atom is 0.362 e. The topological polar surface area (TPSA) is 99.1 Å². The average molecular weight is 829 g/mol. The number of likely N-dealkylation sites (N-methyl/N-ethyl adjacent to an activating group) is 1. The van der Waals surface area contributed by atoms with Crippen LogP contribution in [0.25, 0.3) is 0 Å². The van der Waals surface area contributed by atoms with Crippen LogP contribution in [0.3, 0.4) is 0 Å². The van der Waals surface area contributed by atoms with Gasteiger partial charge in [-0.1, -0.05) is 164 Å². The quantitative estimate of drug-likeness (QED) is 0.0215. The molecule has 0 heterocycles. The molecule has 0 bridgehead atoms. The van der Waals surface area contributed by atoms with Gasteiger partial charge in [-0.25, -0.2) is 4.79 Å². The lowest BCUT2D eigenvalue weighted by Crippen LogP contribution is -2.50. The van der Waals surface area contributed by atoms with E-state index in [1.165, 1.54) is 83.5 Å². The molecule has 0 rings (SSSR count). The Balaban J connectivity index is 4.37. The first-order valence-electron chi connectivity index (χ1n) is 23.9. The van der Waals surface area contributed by atoms with Gasteiger partial charge < -0.3 is 23.8 Å². The van der Waals surface area contributed by atoms with E-state index in [4.69, 9.17) is 14.2 Å². The summed E-state index contributed by atoms with van der Waals surface area (Å²) in [5.74, 6) is -1.50. The summed E-state index contributed by atoms with van der Waals surface area (Å²) in [6.07, 6.45) is 51.1. The summed E-state index contributed by atoms with van der Waals surface area (Å²) >= 11 is 0. The predicted molar refractivity (Wildman–Crippen MR) is 247 cm³/mol. The lowest BCUT2D eigenvalue weighted by atomic mass is 10.1. The standard InChI is InChI=1S/C51H89NO7/c1-6-8-10-12-14-16-18-20-22-24-26-28-30-32-34-36-38-40-42-50(54)59-47(45-57-44-43-48(51(55)56)52(3,4)5)46-58-49(53)41-39-37-35-33-31-29-27-25-23-21-19-17-15-13-11-9-7-2/h15,17-18,20-24,26,28,47-48H,6-14,16,19,25,27,29-46H2,1-5H3/p+1/b17-15+,20-18+,23-21+,24-22+,28-26+. The van der Waals surface area contributed by atoms with Crippen molar-refractivity contribution in [2.24, 2.45) is 0 Å². The smallest absolute Gasteiger partial charge is 0.362 e. The van der Waals surface area contributed by atoms with Gasteiger partial charge in [0.2, 0.25) is 0 Å². The van der Waals surface area contributed by atoms with Gasteiger partial charge >= 0.3 is 17.9 Å². The lowest BCUT2D eigenvalue weighted by Gasteiger charge is -2.31. The Kier molecular flexibility index (Phi) is 39.6. The van der Waals surface area contributed by atoms with Crippen LogP contribution in [0.5, 0.6) is 0 Å². The van der Waals surface area contributed by atoms with E-state index in [-0.39, 0.29) is 36.2 Å². The third-order valence-electron chi connectivity index (χ3n) is 10.5. The molecule has 0 aromatic rings. The second-order valence-corrected chi connectivity index (χ2v) is 17.1. The number of quaternary nitrogens is 1. The number of carboxylic acids is 1. The Morgan fingerprint density at radius 2 is 0.966 bits per heavy atom. The van der Waals surface area contributed by atoms with E-state index in [2.05, 4.69) is 74.6 Å². The van der Waals surface area contributed by atoms with Crippen LogP contribution in [0, 0.1) is 0 Å². The fourth-order valence-electron chi connectivity index (χ4n) is 6.71. The summed E-state index contributed by atoms with van der Waals surface area (Å²) in [5.41, 5.74) is 0. The van der Waals surface area contributed by atoms with E-state index >= 15 is 0 Å². The van der Waals surface area contributed by atoms with Crippen LogP contribution < -0.4 is 0 Å². The SMILES string of the molecule is CCCCC/C=C/C/C=C/CCCCCCCCCC(=O)OCC(COCCC(C(=O)O)[N+](C)(C)C)OC(=O)CCCCCCC/C=C/C=C/C=C/CCCCCCC. The van der Waals surface area contributed by atoms with Gasteiger partial charge in [0, 0.05) is 19.3 Å². The van der Waals surface area contributed by atoms with Gasteiger partial charge in [0.05, 0.1) is 34.4 Å². The molecule has 0 saturated heterocycles. The Labute approximate surface area is 362 Å². The molecule has 340 valence electrons. The molecule has 8 heteroatoms. The summed E-state index contributed by atoms with van der Waals surface area (Å²) in [7, 11) is 5.52. The van der Waals surface area contributed by atoms with Crippen LogP contribution in [-0.4, -0.2) is 80.6 Å². The molecule has 8 nitrogen and oxygen atoms in total. The number of allylic oxidation sites excluding steroid dienone is 10. The molecule has 2 atom stereocenters. The van der Waals surface area contributed by atoms with E-state index in [0.717, 1.165) is 77.0 Å². The van der Waals surface area contributed by atoms with E-state index in [1.807, 2.05) is 21.1 Å². The normalized spacial score (nSPS) is 13.4. The van der Waals surface area contributed by atoms with Gasteiger partial charge in [-0.05, 0) is 70.6 Å². The molecule has 0 aliphatic carbocycles. The highest BCUT2D eigenvalue weighted by atomic mass is 16.6. The molecule has 0 radical (unpaired) electrons. The Morgan fingerprint density at radius 3 is 1.47 bits per heavy atom. The van der Waals surface area contributed by atoms with Gasteiger partial charge in [-0.2, -0.15) is 0 Å². The highest BCUT2D eigenvalue weighted by molar-refractivity contribution is 5.72. The number of esters is 2. The number of hydrogen-bond donors (Lipinski definition) is 1. The minimum atomic E-state index is -0.881. The Morgan fingerprint density at radius 1 is 0.525 bits per heavy atom. The molecule has 0 fully saturated rings. The van der Waals surface area contributed by atoms with Gasteiger partial charge in [-0.15, -0.1) is 0 Å². The zero-order valence-electron chi connectivity index (χ0n) is 38.7. The fraction of sp³-hybridized carbons (Fsp3) is 0.745. The highest BCUT2D eigenvalue weighted by Gasteiger charge is 2.31. The summed E-state index contributed by atoms with van der Waals surface area (Å²) < 4.78 is 17.3. The number of carboxylic acid groups (broad SMARTS) is 1. The van der Waals surface area contributed by atoms with Gasteiger partial charge in [-0.3, -0.25) is 9.59 Å². The van der Waals surface area contributed by atoms with Crippen LogP contribution in [-0.2, 0) is 28.6 Å². The summed E-state index contributed by atoms with van der Waals surface area (Å²) in [4.78, 5) is 37.1. The zero-order chi connectivity index (χ0) is 43.5.